The number of carboxylic acid groups (broad SMARTS) is 1. The van der Waals surface area contributed by atoms with Gasteiger partial charge in [0.15, 0.2) is 5.69 Å². The molecule has 2 rings (SSSR count). The molecule has 5 nitrogen and oxygen atoms in total. The third-order valence-corrected chi connectivity index (χ3v) is 3.78. The number of rotatable bonds is 5. The van der Waals surface area contributed by atoms with E-state index in [1.54, 1.807) is 18.3 Å². The molecule has 0 aliphatic carbocycles. The molecule has 106 valence electrons. The van der Waals surface area contributed by atoms with Crippen LogP contribution in [-0.2, 0) is 6.42 Å². The Morgan fingerprint density at radius 2 is 2.15 bits per heavy atom. The van der Waals surface area contributed by atoms with Gasteiger partial charge in [0.05, 0.1) is 0 Å². The van der Waals surface area contributed by atoms with Crippen LogP contribution in [0.5, 0.6) is 0 Å². The van der Waals surface area contributed by atoms with Crippen LogP contribution >= 0.6 is 11.3 Å². The van der Waals surface area contributed by atoms with E-state index in [1.807, 2.05) is 6.92 Å². The lowest BCUT2D eigenvalue weighted by Crippen LogP contribution is -2.20. The number of aryl methyl sites for hydroxylation is 2. The highest BCUT2D eigenvalue weighted by atomic mass is 32.1. The van der Waals surface area contributed by atoms with Gasteiger partial charge in [-0.15, -0.1) is 11.3 Å². The Balaban J connectivity index is 2.07. The zero-order valence-electron chi connectivity index (χ0n) is 11.7. The SMILES string of the molecule is Cc1cc(C(=O)O)nc(NC(C)Cc2ccc(C)s2)n1. The van der Waals surface area contributed by atoms with Crippen LogP contribution in [0, 0.1) is 13.8 Å². The quantitative estimate of drug-likeness (QED) is 0.886. The van der Waals surface area contributed by atoms with Gasteiger partial charge >= 0.3 is 5.97 Å². The highest BCUT2D eigenvalue weighted by molar-refractivity contribution is 7.11. The van der Waals surface area contributed by atoms with E-state index < -0.39 is 5.97 Å². The average molecular weight is 291 g/mol. The number of carbonyl (C=O) groups is 1. The van der Waals surface area contributed by atoms with Crippen LogP contribution in [0.3, 0.4) is 0 Å². The van der Waals surface area contributed by atoms with Gasteiger partial charge in [-0.3, -0.25) is 0 Å². The minimum absolute atomic E-state index is 0.0131. The fourth-order valence-electron chi connectivity index (χ4n) is 1.91. The Morgan fingerprint density at radius 1 is 1.40 bits per heavy atom. The van der Waals surface area contributed by atoms with Gasteiger partial charge in [-0.05, 0) is 39.0 Å². The maximum atomic E-state index is 11.0. The number of aromatic carboxylic acids is 1. The Morgan fingerprint density at radius 3 is 2.75 bits per heavy atom. The van der Waals surface area contributed by atoms with E-state index in [-0.39, 0.29) is 11.7 Å². The molecule has 2 N–H and O–H groups in total. The van der Waals surface area contributed by atoms with E-state index in [4.69, 9.17) is 5.11 Å². The first-order valence-electron chi connectivity index (χ1n) is 6.35. The molecular weight excluding hydrogens is 274 g/mol. The first-order chi connectivity index (χ1) is 9.44. The molecule has 0 aliphatic heterocycles. The lowest BCUT2D eigenvalue weighted by Gasteiger charge is -2.13. The van der Waals surface area contributed by atoms with Crippen LogP contribution in [0.4, 0.5) is 5.95 Å². The first-order valence-corrected chi connectivity index (χ1v) is 7.16. The van der Waals surface area contributed by atoms with Crippen LogP contribution in [0.25, 0.3) is 0 Å². The van der Waals surface area contributed by atoms with Crippen molar-refractivity contribution in [2.75, 3.05) is 5.32 Å². The summed E-state index contributed by atoms with van der Waals surface area (Å²) in [5.41, 5.74) is 0.651. The van der Waals surface area contributed by atoms with Gasteiger partial charge in [0.25, 0.3) is 0 Å². The lowest BCUT2D eigenvalue weighted by atomic mass is 10.2. The summed E-state index contributed by atoms with van der Waals surface area (Å²) >= 11 is 1.76. The number of anilines is 1. The van der Waals surface area contributed by atoms with Gasteiger partial charge in [-0.25, -0.2) is 14.8 Å². The predicted molar refractivity (Wildman–Crippen MR) is 79.6 cm³/mol. The lowest BCUT2D eigenvalue weighted by molar-refractivity contribution is 0.0690. The molecule has 20 heavy (non-hydrogen) atoms. The van der Waals surface area contributed by atoms with E-state index in [9.17, 15) is 4.79 Å². The van der Waals surface area contributed by atoms with Gasteiger partial charge < -0.3 is 10.4 Å². The molecule has 0 bridgehead atoms. The standard InChI is InChI=1S/C14H17N3O2S/c1-8(6-11-5-4-10(3)20-11)15-14-16-9(2)7-12(17-14)13(18)19/h4-5,7-8H,6H2,1-3H3,(H,18,19)(H,15,16,17). The summed E-state index contributed by atoms with van der Waals surface area (Å²) in [6, 6.07) is 5.80. The minimum Gasteiger partial charge on any atom is -0.477 e. The zero-order valence-corrected chi connectivity index (χ0v) is 12.5. The molecule has 0 radical (unpaired) electrons. The molecule has 0 aliphatic rings. The van der Waals surface area contributed by atoms with Gasteiger partial charge in [-0.1, -0.05) is 0 Å². The van der Waals surface area contributed by atoms with Crippen molar-refractivity contribution in [3.05, 3.63) is 39.3 Å². The van der Waals surface area contributed by atoms with Crippen molar-refractivity contribution in [2.45, 2.75) is 33.2 Å². The van der Waals surface area contributed by atoms with Crippen molar-refractivity contribution in [1.29, 1.82) is 0 Å². The normalized spacial score (nSPS) is 12.2. The van der Waals surface area contributed by atoms with Crippen molar-refractivity contribution in [3.8, 4) is 0 Å². The molecule has 0 fully saturated rings. The average Bonchev–Trinajstić information content (AvgIpc) is 2.73. The summed E-state index contributed by atoms with van der Waals surface area (Å²) in [6.45, 7) is 5.86. The maximum Gasteiger partial charge on any atom is 0.354 e. The van der Waals surface area contributed by atoms with Crippen LogP contribution in [0.1, 0.15) is 32.9 Å². The molecule has 0 amide bonds. The second kappa shape index (κ2) is 6.00. The van der Waals surface area contributed by atoms with E-state index in [0.29, 0.717) is 11.6 Å². The molecule has 0 saturated heterocycles. The molecule has 1 atom stereocenters. The molecule has 6 heteroatoms. The van der Waals surface area contributed by atoms with Crippen LogP contribution < -0.4 is 5.32 Å². The van der Waals surface area contributed by atoms with Crippen molar-refractivity contribution >= 4 is 23.3 Å². The molecule has 0 aromatic carbocycles. The summed E-state index contributed by atoms with van der Waals surface area (Å²) < 4.78 is 0. The molecule has 2 heterocycles. The van der Waals surface area contributed by atoms with E-state index >= 15 is 0 Å². The van der Waals surface area contributed by atoms with Gasteiger partial charge in [0, 0.05) is 27.9 Å². The number of hydrogen-bond acceptors (Lipinski definition) is 5. The molecule has 0 spiro atoms. The van der Waals surface area contributed by atoms with Crippen LogP contribution in [0.2, 0.25) is 0 Å². The fraction of sp³-hybridized carbons (Fsp3) is 0.357. The monoisotopic (exact) mass is 291 g/mol. The number of aromatic nitrogens is 2. The number of thiophene rings is 1. The smallest absolute Gasteiger partial charge is 0.354 e. The fourth-order valence-corrected chi connectivity index (χ4v) is 2.93. The van der Waals surface area contributed by atoms with Crippen molar-refractivity contribution < 1.29 is 9.90 Å². The van der Waals surface area contributed by atoms with Gasteiger partial charge in [0.1, 0.15) is 0 Å². The molecule has 2 aromatic rings. The molecular formula is C14H17N3O2S. The largest absolute Gasteiger partial charge is 0.477 e. The second-order valence-electron chi connectivity index (χ2n) is 4.79. The Bertz CT molecular complexity index is 625. The summed E-state index contributed by atoms with van der Waals surface area (Å²) in [5.74, 6) is -0.678. The van der Waals surface area contributed by atoms with Crippen molar-refractivity contribution in [3.63, 3.8) is 0 Å². The van der Waals surface area contributed by atoms with Gasteiger partial charge in [-0.2, -0.15) is 0 Å². The number of nitrogens with one attached hydrogen (secondary N) is 1. The minimum atomic E-state index is -1.04. The Kier molecular flexibility index (Phi) is 4.34. The number of hydrogen-bond donors (Lipinski definition) is 2. The first kappa shape index (κ1) is 14.5. The summed E-state index contributed by atoms with van der Waals surface area (Å²) in [6.07, 6.45) is 0.859. The third kappa shape index (κ3) is 3.77. The van der Waals surface area contributed by atoms with Gasteiger partial charge in [0.2, 0.25) is 5.95 Å². The molecule has 0 saturated carbocycles. The molecule has 2 aromatic heterocycles. The Hall–Kier alpha value is -1.95. The number of carboxylic acids is 1. The van der Waals surface area contributed by atoms with Crippen LogP contribution in [-0.4, -0.2) is 27.1 Å². The van der Waals surface area contributed by atoms with Crippen LogP contribution in [0.15, 0.2) is 18.2 Å². The van der Waals surface area contributed by atoms with E-state index in [2.05, 4.69) is 34.3 Å². The summed E-state index contributed by atoms with van der Waals surface area (Å²) in [7, 11) is 0. The predicted octanol–water partition coefficient (Wildman–Crippen LogP) is 2.90. The summed E-state index contributed by atoms with van der Waals surface area (Å²) in [5, 5.41) is 12.1. The van der Waals surface area contributed by atoms with Crippen molar-refractivity contribution in [1.82, 2.24) is 9.97 Å². The second-order valence-corrected chi connectivity index (χ2v) is 6.16. The van der Waals surface area contributed by atoms with Crippen molar-refractivity contribution in [2.24, 2.45) is 0 Å². The highest BCUT2D eigenvalue weighted by Gasteiger charge is 2.11. The number of nitrogens with zero attached hydrogens (tertiary/aromatic N) is 2. The topological polar surface area (TPSA) is 75.1 Å². The maximum absolute atomic E-state index is 11.0. The summed E-state index contributed by atoms with van der Waals surface area (Å²) in [4.78, 5) is 21.8. The molecule has 1 unspecified atom stereocenters. The third-order valence-electron chi connectivity index (χ3n) is 2.75. The highest BCUT2D eigenvalue weighted by Crippen LogP contribution is 2.17. The zero-order chi connectivity index (χ0) is 14.7. The Labute approximate surface area is 121 Å². The van der Waals surface area contributed by atoms with E-state index in [1.165, 1.54) is 15.8 Å². The van der Waals surface area contributed by atoms with E-state index in [0.717, 1.165) is 6.42 Å².